The van der Waals surface area contributed by atoms with Crippen LogP contribution in [0.25, 0.3) is 0 Å². The molecule has 1 heterocycles. The van der Waals surface area contributed by atoms with E-state index in [1.54, 1.807) is 6.26 Å². The Balaban J connectivity index is 2.99. The molecule has 0 radical (unpaired) electrons. The highest BCUT2D eigenvalue weighted by Gasteiger charge is 2.30. The first-order valence-corrected chi connectivity index (χ1v) is 13.0. The molecule has 0 fully saturated rings. The number of carbonyl (C=O) groups is 5. The molecule has 0 aliphatic rings. The highest BCUT2D eigenvalue weighted by atomic mass is 32.2. The molecule has 0 bridgehead atoms. The molecule has 38 heavy (non-hydrogen) atoms. The number of amides is 4. The van der Waals surface area contributed by atoms with Crippen molar-refractivity contribution in [3.8, 4) is 0 Å². The number of imidazole rings is 1. The Morgan fingerprint density at radius 2 is 1.63 bits per heavy atom. The Morgan fingerprint density at radius 1 is 1.03 bits per heavy atom. The van der Waals surface area contributed by atoms with Gasteiger partial charge >= 0.3 is 5.97 Å². The van der Waals surface area contributed by atoms with Crippen molar-refractivity contribution in [1.82, 2.24) is 25.9 Å². The molecule has 0 aromatic carbocycles. The number of aliphatic imine (C=N–C) groups is 1. The van der Waals surface area contributed by atoms with Crippen LogP contribution in [0.15, 0.2) is 17.5 Å². The van der Waals surface area contributed by atoms with Gasteiger partial charge in [-0.3, -0.25) is 24.2 Å². The molecular weight excluding hydrogens is 520 g/mol. The van der Waals surface area contributed by atoms with Gasteiger partial charge in [0.15, 0.2) is 5.96 Å². The van der Waals surface area contributed by atoms with Gasteiger partial charge in [0.25, 0.3) is 0 Å². The van der Waals surface area contributed by atoms with E-state index < -0.39 is 60.2 Å². The summed E-state index contributed by atoms with van der Waals surface area (Å²) in [5.74, 6) is -4.18. The van der Waals surface area contributed by atoms with Crippen LogP contribution in [0.1, 0.15) is 31.4 Å². The number of hydrogen-bond donors (Lipinski definition) is 9. The van der Waals surface area contributed by atoms with Crippen molar-refractivity contribution in [2.75, 3.05) is 18.6 Å². The number of H-pyrrole nitrogens is 1. The summed E-state index contributed by atoms with van der Waals surface area (Å²) < 4.78 is 0. The van der Waals surface area contributed by atoms with Gasteiger partial charge in [-0.05, 0) is 31.3 Å². The molecular formula is C21H36N10O6S. The fourth-order valence-corrected chi connectivity index (χ4v) is 3.70. The summed E-state index contributed by atoms with van der Waals surface area (Å²) in [7, 11) is 0. The van der Waals surface area contributed by atoms with E-state index in [2.05, 4.69) is 30.9 Å². The van der Waals surface area contributed by atoms with Gasteiger partial charge in [0.2, 0.25) is 23.6 Å². The molecule has 212 valence electrons. The molecule has 0 spiro atoms. The lowest BCUT2D eigenvalue weighted by Gasteiger charge is -2.25. The molecule has 0 saturated heterocycles. The van der Waals surface area contributed by atoms with E-state index >= 15 is 0 Å². The molecule has 1 aromatic heterocycles. The van der Waals surface area contributed by atoms with E-state index in [4.69, 9.17) is 22.9 Å². The zero-order valence-electron chi connectivity index (χ0n) is 21.0. The third kappa shape index (κ3) is 12.4. The third-order valence-corrected chi connectivity index (χ3v) is 5.82. The van der Waals surface area contributed by atoms with Crippen molar-refractivity contribution in [3.05, 3.63) is 18.2 Å². The maximum absolute atomic E-state index is 13.2. The summed E-state index contributed by atoms with van der Waals surface area (Å²) in [6.07, 6.45) is 4.84. The molecule has 1 rings (SSSR count). The summed E-state index contributed by atoms with van der Waals surface area (Å²) in [6, 6.07) is -4.82. The van der Waals surface area contributed by atoms with Crippen molar-refractivity contribution in [2.45, 2.75) is 56.3 Å². The molecule has 4 unspecified atom stereocenters. The van der Waals surface area contributed by atoms with E-state index in [1.807, 2.05) is 0 Å². The van der Waals surface area contributed by atoms with Crippen LogP contribution < -0.4 is 38.9 Å². The second-order valence-corrected chi connectivity index (χ2v) is 9.30. The molecule has 4 amide bonds. The lowest BCUT2D eigenvalue weighted by molar-refractivity contribution is -0.143. The lowest BCUT2D eigenvalue weighted by atomic mass is 10.1. The summed E-state index contributed by atoms with van der Waals surface area (Å²) in [5.41, 5.74) is 22.3. The number of carbonyl (C=O) groups excluding carboxylic acids is 4. The molecule has 13 N–H and O–H groups in total. The first kappa shape index (κ1) is 32.2. The van der Waals surface area contributed by atoms with Gasteiger partial charge in [0.1, 0.15) is 18.1 Å². The second kappa shape index (κ2) is 16.8. The van der Waals surface area contributed by atoms with Gasteiger partial charge in [-0.15, -0.1) is 0 Å². The maximum Gasteiger partial charge on any atom is 0.326 e. The van der Waals surface area contributed by atoms with Crippen LogP contribution in [0.2, 0.25) is 0 Å². The highest BCUT2D eigenvalue weighted by molar-refractivity contribution is 7.98. The van der Waals surface area contributed by atoms with Crippen LogP contribution in [0.5, 0.6) is 0 Å². The normalized spacial score (nSPS) is 13.8. The van der Waals surface area contributed by atoms with E-state index in [9.17, 15) is 29.1 Å². The average Bonchev–Trinajstić information content (AvgIpc) is 3.35. The maximum atomic E-state index is 13.2. The van der Waals surface area contributed by atoms with Gasteiger partial charge in [-0.25, -0.2) is 9.78 Å². The van der Waals surface area contributed by atoms with Crippen LogP contribution in [-0.2, 0) is 30.4 Å². The first-order chi connectivity index (χ1) is 17.9. The Hall–Kier alpha value is -3.86. The predicted molar refractivity (Wildman–Crippen MR) is 140 cm³/mol. The Bertz CT molecular complexity index is 970. The number of guanidine groups is 1. The van der Waals surface area contributed by atoms with Gasteiger partial charge < -0.3 is 49.0 Å². The number of rotatable bonds is 18. The Kier molecular flexibility index (Phi) is 14.2. The lowest BCUT2D eigenvalue weighted by Crippen LogP contribution is -2.57. The summed E-state index contributed by atoms with van der Waals surface area (Å²) in [4.78, 5) is 71.9. The van der Waals surface area contributed by atoms with Gasteiger partial charge in [-0.2, -0.15) is 11.8 Å². The fraction of sp³-hybridized carbons (Fsp3) is 0.571. The number of nitrogens with two attached hydrogens (primary N) is 4. The topological polar surface area (TPSA) is 287 Å². The number of carboxylic acids is 1. The zero-order chi connectivity index (χ0) is 28.7. The molecule has 16 nitrogen and oxygen atoms in total. The number of nitrogens with one attached hydrogen (secondary N) is 4. The number of aromatic nitrogens is 2. The molecule has 0 saturated carbocycles. The van der Waals surface area contributed by atoms with Crippen molar-refractivity contribution in [3.63, 3.8) is 0 Å². The zero-order valence-corrected chi connectivity index (χ0v) is 21.8. The first-order valence-electron chi connectivity index (χ1n) is 11.6. The summed E-state index contributed by atoms with van der Waals surface area (Å²) in [5, 5.41) is 16.7. The second-order valence-electron chi connectivity index (χ2n) is 8.31. The van der Waals surface area contributed by atoms with Gasteiger partial charge in [-0.1, -0.05) is 0 Å². The number of primary amides is 1. The number of carboxylic acid groups (broad SMARTS) is 1. The van der Waals surface area contributed by atoms with Gasteiger partial charge in [0, 0.05) is 24.9 Å². The molecule has 1 aromatic rings. The predicted octanol–water partition coefficient (Wildman–Crippen LogP) is -3.50. The summed E-state index contributed by atoms with van der Waals surface area (Å²) in [6.45, 7) is 0.186. The number of nitrogens with zero attached hydrogens (tertiary/aromatic N) is 2. The minimum atomic E-state index is -1.57. The van der Waals surface area contributed by atoms with E-state index in [-0.39, 0.29) is 31.8 Å². The van der Waals surface area contributed by atoms with Crippen molar-refractivity contribution < 1.29 is 29.1 Å². The SMILES string of the molecule is CSCCC(NC(=O)C(CCCN=C(N)N)NC(=O)C(N)Cc1cnc[nH]1)C(=O)NC(CC(N)=O)C(=O)O. The van der Waals surface area contributed by atoms with Crippen molar-refractivity contribution in [1.29, 1.82) is 0 Å². The third-order valence-electron chi connectivity index (χ3n) is 5.17. The molecule has 0 aliphatic heterocycles. The Labute approximate surface area is 223 Å². The largest absolute Gasteiger partial charge is 0.480 e. The van der Waals surface area contributed by atoms with Crippen LogP contribution in [0.4, 0.5) is 0 Å². The van der Waals surface area contributed by atoms with Crippen LogP contribution in [-0.4, -0.2) is 93.4 Å². The van der Waals surface area contributed by atoms with E-state index in [0.29, 0.717) is 17.9 Å². The van der Waals surface area contributed by atoms with E-state index in [0.717, 1.165) is 0 Å². The quantitative estimate of drug-likeness (QED) is 0.0485. The molecule has 4 atom stereocenters. The number of aromatic amines is 1. The van der Waals surface area contributed by atoms with Crippen molar-refractivity contribution >= 4 is 47.3 Å². The minimum Gasteiger partial charge on any atom is -0.480 e. The molecule has 0 aliphatic carbocycles. The fourth-order valence-electron chi connectivity index (χ4n) is 3.23. The van der Waals surface area contributed by atoms with Crippen LogP contribution in [0.3, 0.4) is 0 Å². The number of aliphatic carboxylic acids is 1. The molecule has 17 heteroatoms. The van der Waals surface area contributed by atoms with Crippen LogP contribution >= 0.6 is 11.8 Å². The van der Waals surface area contributed by atoms with Crippen molar-refractivity contribution in [2.24, 2.45) is 27.9 Å². The smallest absolute Gasteiger partial charge is 0.326 e. The monoisotopic (exact) mass is 556 g/mol. The number of hydrogen-bond acceptors (Lipinski definition) is 9. The Morgan fingerprint density at radius 3 is 2.16 bits per heavy atom. The van der Waals surface area contributed by atoms with E-state index in [1.165, 1.54) is 24.3 Å². The highest BCUT2D eigenvalue weighted by Crippen LogP contribution is 2.06. The summed E-state index contributed by atoms with van der Waals surface area (Å²) >= 11 is 1.40. The standard InChI is InChI=1S/C21H36N10O6S/c1-38-6-4-14(19(35)31-15(20(36)37)8-16(23)32)30-18(34)13(3-2-5-27-21(24)25)29-17(33)12(22)7-11-9-26-10-28-11/h9-10,12-15H,2-8,22H2,1H3,(H2,23,32)(H,26,28)(H,29,33)(H,30,34)(H,31,35)(H,36,37)(H4,24,25,27). The number of thioether (sulfide) groups is 1. The average molecular weight is 557 g/mol. The minimum absolute atomic E-state index is 0.113. The van der Waals surface area contributed by atoms with Crippen LogP contribution in [0, 0.1) is 0 Å². The van der Waals surface area contributed by atoms with Gasteiger partial charge in [0.05, 0.1) is 18.8 Å².